The Kier molecular flexibility index (Phi) is 43.8. The Hall–Kier alpha value is -0.237. The normalized spacial score (nSPS) is 9.79. The quantitative estimate of drug-likeness (QED) is 0.375. The van der Waals surface area contributed by atoms with Gasteiger partial charge in [0, 0.05) is 0 Å². The molecule has 0 heterocycles. The third kappa shape index (κ3) is 38.1. The molecule has 1 rings (SSSR count). The number of hydrogen-bond donors (Lipinski definition) is 0. The van der Waals surface area contributed by atoms with Crippen LogP contribution in [0.15, 0.2) is 43.5 Å². The molecule has 19 heavy (non-hydrogen) atoms. The molecule has 0 radical (unpaired) electrons. The summed E-state index contributed by atoms with van der Waals surface area (Å²) in [4.78, 5) is 0. The predicted molar refractivity (Wildman–Crippen MR) is 85.9 cm³/mol. The van der Waals surface area contributed by atoms with Crippen LogP contribution in [0.5, 0.6) is 0 Å². The van der Waals surface area contributed by atoms with Gasteiger partial charge in [-0.2, -0.15) is 20.2 Å². The van der Waals surface area contributed by atoms with E-state index in [4.69, 9.17) is 0 Å². The monoisotopic (exact) mass is 338 g/mol. The molecule has 0 saturated heterocycles. The maximum absolute atomic E-state index is 3.85. The van der Waals surface area contributed by atoms with Gasteiger partial charge >= 0.3 is 26.2 Å². The maximum atomic E-state index is 3.85. The zero-order valence-electron chi connectivity index (χ0n) is 12.7. The molecular formula is C16H28N2Zr. The smallest absolute Gasteiger partial charge is 0.665 e. The van der Waals surface area contributed by atoms with Gasteiger partial charge in [0.25, 0.3) is 0 Å². The van der Waals surface area contributed by atoms with Crippen molar-refractivity contribution in [3.8, 4) is 0 Å². The molecule has 106 valence electrons. The standard InChI is InChI=1S/2C5H10N.C5H5.CH3.Zr/c2*1-3-4-5-6-2;1-2-4-5-3-1;;/h2*3H,1,4-5H2,2H3;1-3H,4H2;1H3;/q4*-1;+4. The van der Waals surface area contributed by atoms with Gasteiger partial charge in [-0.1, -0.05) is 25.0 Å². The summed E-state index contributed by atoms with van der Waals surface area (Å²) < 4.78 is 0. The van der Waals surface area contributed by atoms with Gasteiger partial charge in [-0.25, -0.2) is 12.2 Å². The van der Waals surface area contributed by atoms with E-state index < -0.39 is 0 Å². The number of hydrogen-bond acceptors (Lipinski definition) is 0. The fourth-order valence-electron chi connectivity index (χ4n) is 0.781. The van der Waals surface area contributed by atoms with E-state index in [1.54, 1.807) is 0 Å². The Morgan fingerprint density at radius 1 is 1.11 bits per heavy atom. The first-order chi connectivity index (χ1) is 8.33. The zero-order valence-corrected chi connectivity index (χ0v) is 15.2. The van der Waals surface area contributed by atoms with Gasteiger partial charge in [-0.3, -0.25) is 6.08 Å². The topological polar surface area (TPSA) is 28.2 Å². The van der Waals surface area contributed by atoms with Gasteiger partial charge < -0.3 is 18.1 Å². The second-order valence-corrected chi connectivity index (χ2v) is 3.24. The molecule has 0 saturated carbocycles. The fourth-order valence-corrected chi connectivity index (χ4v) is 0.781. The van der Waals surface area contributed by atoms with Crippen LogP contribution in [-0.2, 0) is 26.2 Å². The van der Waals surface area contributed by atoms with E-state index in [0.29, 0.717) is 0 Å². The van der Waals surface area contributed by atoms with E-state index in [0.717, 1.165) is 32.4 Å². The SMILES string of the molecule is C=CCC[N-]C.C=CCC[N-]C.[C-]1=CC=CC1.[CH3-].[Zr+4]. The van der Waals surface area contributed by atoms with Crippen LogP contribution in [0.25, 0.3) is 10.6 Å². The van der Waals surface area contributed by atoms with Gasteiger partial charge in [0.2, 0.25) is 0 Å². The minimum absolute atomic E-state index is 0. The molecule has 1 aliphatic carbocycles. The summed E-state index contributed by atoms with van der Waals surface area (Å²) in [6.45, 7) is 8.92. The van der Waals surface area contributed by atoms with Crippen molar-refractivity contribution in [2.24, 2.45) is 0 Å². The second kappa shape index (κ2) is 30.6. The molecule has 0 spiro atoms. The van der Waals surface area contributed by atoms with E-state index in [9.17, 15) is 0 Å². The van der Waals surface area contributed by atoms with Crippen LogP contribution in [-0.4, -0.2) is 27.2 Å². The summed E-state index contributed by atoms with van der Waals surface area (Å²) in [7, 11) is 3.62. The summed E-state index contributed by atoms with van der Waals surface area (Å²) in [5.41, 5.74) is 0. The second-order valence-electron chi connectivity index (χ2n) is 3.24. The van der Waals surface area contributed by atoms with Crippen molar-refractivity contribution in [3.05, 3.63) is 67.7 Å². The average Bonchev–Trinajstić information content (AvgIpc) is 2.93. The van der Waals surface area contributed by atoms with Crippen LogP contribution < -0.4 is 0 Å². The van der Waals surface area contributed by atoms with Crippen molar-refractivity contribution in [2.75, 3.05) is 27.2 Å². The van der Waals surface area contributed by atoms with Crippen LogP contribution in [0.2, 0.25) is 0 Å². The van der Waals surface area contributed by atoms with Gasteiger partial charge in [-0.15, -0.1) is 32.7 Å². The van der Waals surface area contributed by atoms with Crippen molar-refractivity contribution in [1.29, 1.82) is 0 Å². The first-order valence-electron chi connectivity index (χ1n) is 5.88. The molecule has 0 amide bonds. The Morgan fingerprint density at radius 2 is 1.58 bits per heavy atom. The molecule has 2 nitrogen and oxygen atoms in total. The fraction of sp³-hybridized carbons (Fsp3) is 0.438. The molecule has 0 aromatic rings. The van der Waals surface area contributed by atoms with Crippen LogP contribution in [0.1, 0.15) is 19.3 Å². The summed E-state index contributed by atoms with van der Waals surface area (Å²) >= 11 is 0. The molecule has 0 aliphatic heterocycles. The molecule has 0 aromatic heterocycles. The van der Waals surface area contributed by atoms with E-state index in [1.807, 2.05) is 38.4 Å². The number of rotatable bonds is 6. The summed E-state index contributed by atoms with van der Waals surface area (Å²) in [6, 6.07) is 0. The van der Waals surface area contributed by atoms with Crippen molar-refractivity contribution in [3.63, 3.8) is 0 Å². The Bertz CT molecular complexity index is 189. The van der Waals surface area contributed by atoms with Crippen LogP contribution in [0.4, 0.5) is 0 Å². The molecule has 3 heteroatoms. The third-order valence-corrected chi connectivity index (χ3v) is 1.70. The number of allylic oxidation sites excluding steroid dienone is 4. The van der Waals surface area contributed by atoms with Crippen molar-refractivity contribution < 1.29 is 26.2 Å². The molecule has 0 atom stereocenters. The van der Waals surface area contributed by atoms with Crippen molar-refractivity contribution in [1.82, 2.24) is 0 Å². The minimum atomic E-state index is 0. The molecular weight excluding hydrogens is 311 g/mol. The van der Waals surface area contributed by atoms with E-state index >= 15 is 0 Å². The van der Waals surface area contributed by atoms with E-state index in [-0.39, 0.29) is 33.6 Å². The van der Waals surface area contributed by atoms with E-state index in [2.05, 4.69) is 35.9 Å². The van der Waals surface area contributed by atoms with Gasteiger partial charge in [0.05, 0.1) is 0 Å². The Balaban J connectivity index is -0.0000000845. The Morgan fingerprint density at radius 3 is 1.68 bits per heavy atom. The summed E-state index contributed by atoms with van der Waals surface area (Å²) in [5.74, 6) is 0. The van der Waals surface area contributed by atoms with Gasteiger partial charge in [0.1, 0.15) is 0 Å². The number of nitrogens with zero attached hydrogens (tertiary/aromatic N) is 2. The summed E-state index contributed by atoms with van der Waals surface area (Å²) in [6.07, 6.45) is 15.8. The Labute approximate surface area is 140 Å². The largest absolute Gasteiger partial charge is 4.00 e. The van der Waals surface area contributed by atoms with Crippen molar-refractivity contribution >= 4 is 0 Å². The van der Waals surface area contributed by atoms with Crippen molar-refractivity contribution in [2.45, 2.75) is 19.3 Å². The van der Waals surface area contributed by atoms with Gasteiger partial charge in [0.15, 0.2) is 0 Å². The molecule has 0 N–H and O–H groups in total. The molecule has 0 fully saturated rings. The van der Waals surface area contributed by atoms with Crippen LogP contribution in [0, 0.1) is 13.5 Å². The van der Waals surface area contributed by atoms with Crippen LogP contribution >= 0.6 is 0 Å². The molecule has 0 bridgehead atoms. The van der Waals surface area contributed by atoms with Crippen LogP contribution in [0.3, 0.4) is 0 Å². The maximum Gasteiger partial charge on any atom is 4.00 e. The molecule has 1 aliphatic rings. The minimum Gasteiger partial charge on any atom is -0.665 e. The molecule has 0 unspecified atom stereocenters. The average molecular weight is 340 g/mol. The van der Waals surface area contributed by atoms with Gasteiger partial charge in [-0.05, 0) is 0 Å². The first kappa shape index (κ1) is 27.2. The predicted octanol–water partition coefficient (Wildman–Crippen LogP) is 4.89. The third-order valence-electron chi connectivity index (χ3n) is 1.70. The zero-order chi connectivity index (χ0) is 13.2. The van der Waals surface area contributed by atoms with E-state index in [1.165, 1.54) is 0 Å². The summed E-state index contributed by atoms with van der Waals surface area (Å²) in [5, 5.41) is 7.71. The molecule has 0 aromatic carbocycles. The first-order valence-corrected chi connectivity index (χ1v) is 5.88.